The van der Waals surface area contributed by atoms with Gasteiger partial charge in [0.25, 0.3) is 5.91 Å². The lowest BCUT2D eigenvalue weighted by Crippen LogP contribution is -2.16. The Morgan fingerprint density at radius 3 is 2.48 bits per heavy atom. The lowest BCUT2D eigenvalue weighted by atomic mass is 9.94. The van der Waals surface area contributed by atoms with Gasteiger partial charge in [-0.05, 0) is 42.8 Å². The van der Waals surface area contributed by atoms with Gasteiger partial charge in [0.05, 0.1) is 29.6 Å². The lowest BCUT2D eigenvalue weighted by Gasteiger charge is -2.17. The van der Waals surface area contributed by atoms with E-state index < -0.39 is 0 Å². The van der Waals surface area contributed by atoms with Crippen molar-refractivity contribution in [3.63, 3.8) is 0 Å². The summed E-state index contributed by atoms with van der Waals surface area (Å²) < 4.78 is 5.37. The number of nitrogens with zero attached hydrogens (tertiary/aromatic N) is 1. The molecule has 0 spiro atoms. The number of ether oxygens (including phenoxy) is 1. The van der Waals surface area contributed by atoms with Gasteiger partial charge in [-0.1, -0.05) is 54.1 Å². The Kier molecular flexibility index (Phi) is 5.19. The van der Waals surface area contributed by atoms with Gasteiger partial charge in [-0.15, -0.1) is 0 Å². The first-order chi connectivity index (χ1) is 14.1. The summed E-state index contributed by atoms with van der Waals surface area (Å²) >= 11 is 6.27. The molecule has 0 radical (unpaired) electrons. The van der Waals surface area contributed by atoms with Crippen molar-refractivity contribution in [2.24, 2.45) is 0 Å². The summed E-state index contributed by atoms with van der Waals surface area (Å²) in [6, 6.07) is 22.6. The number of pyridine rings is 1. The molecule has 3 aromatic carbocycles. The monoisotopic (exact) mass is 402 g/mol. The van der Waals surface area contributed by atoms with Gasteiger partial charge in [-0.25, -0.2) is 0 Å². The van der Waals surface area contributed by atoms with Crippen molar-refractivity contribution in [1.29, 1.82) is 0 Å². The summed E-state index contributed by atoms with van der Waals surface area (Å²) in [5.41, 5.74) is 4.28. The Balaban J connectivity index is 1.94. The molecule has 1 aromatic heterocycles. The zero-order chi connectivity index (χ0) is 20.4. The van der Waals surface area contributed by atoms with Gasteiger partial charge in [0.1, 0.15) is 5.75 Å². The molecule has 29 heavy (non-hydrogen) atoms. The minimum Gasteiger partial charge on any atom is -0.495 e. The van der Waals surface area contributed by atoms with Gasteiger partial charge < -0.3 is 10.1 Å². The molecule has 5 heteroatoms. The normalized spacial score (nSPS) is 10.7. The molecule has 1 heterocycles. The van der Waals surface area contributed by atoms with E-state index in [9.17, 15) is 4.79 Å². The smallest absolute Gasteiger partial charge is 0.258 e. The van der Waals surface area contributed by atoms with Crippen molar-refractivity contribution in [3.05, 3.63) is 89.1 Å². The number of fused-ring (bicyclic) bond motifs is 1. The highest BCUT2D eigenvalue weighted by Gasteiger charge is 2.21. The predicted molar refractivity (Wildman–Crippen MR) is 118 cm³/mol. The highest BCUT2D eigenvalue weighted by atomic mass is 35.5. The van der Waals surface area contributed by atoms with Crippen LogP contribution in [0.2, 0.25) is 5.02 Å². The SMILES string of the molecule is COc1ccccc1NC(=O)c1c(C)nc2ccc(Cl)cc2c1-c1ccccc1. The highest BCUT2D eigenvalue weighted by Crippen LogP contribution is 2.35. The van der Waals surface area contributed by atoms with Crippen LogP contribution in [-0.4, -0.2) is 18.0 Å². The third-order valence-corrected chi connectivity index (χ3v) is 5.01. The number of rotatable bonds is 4. The Morgan fingerprint density at radius 2 is 1.72 bits per heavy atom. The topological polar surface area (TPSA) is 51.2 Å². The summed E-state index contributed by atoms with van der Waals surface area (Å²) in [5.74, 6) is 0.344. The maximum Gasteiger partial charge on any atom is 0.258 e. The number of hydrogen-bond donors (Lipinski definition) is 1. The minimum atomic E-state index is -0.250. The molecular weight excluding hydrogens is 384 g/mol. The number of hydrogen-bond acceptors (Lipinski definition) is 3. The predicted octanol–water partition coefficient (Wildman–Crippen LogP) is 6.12. The molecule has 0 fully saturated rings. The number of carbonyl (C=O) groups is 1. The van der Waals surface area contributed by atoms with E-state index in [0.29, 0.717) is 27.7 Å². The Morgan fingerprint density at radius 1 is 1.00 bits per heavy atom. The van der Waals surface area contributed by atoms with E-state index >= 15 is 0 Å². The van der Waals surface area contributed by atoms with Crippen LogP contribution >= 0.6 is 11.6 Å². The number of para-hydroxylation sites is 2. The van der Waals surface area contributed by atoms with Crippen LogP contribution in [0.4, 0.5) is 5.69 Å². The van der Waals surface area contributed by atoms with E-state index in [1.165, 1.54) is 0 Å². The van der Waals surface area contributed by atoms with Crippen molar-refractivity contribution in [3.8, 4) is 16.9 Å². The molecule has 1 amide bonds. The second-order valence-corrected chi connectivity index (χ2v) is 7.07. The summed E-state index contributed by atoms with van der Waals surface area (Å²) in [5, 5.41) is 4.40. The second-order valence-electron chi connectivity index (χ2n) is 6.63. The number of aryl methyl sites for hydroxylation is 1. The van der Waals surface area contributed by atoms with E-state index in [1.807, 2.05) is 61.5 Å². The molecule has 4 rings (SSSR count). The number of amides is 1. The molecule has 0 saturated heterocycles. The summed E-state index contributed by atoms with van der Waals surface area (Å²) in [6.45, 7) is 1.84. The molecule has 0 bridgehead atoms. The van der Waals surface area contributed by atoms with Crippen LogP contribution < -0.4 is 10.1 Å². The average molecular weight is 403 g/mol. The lowest BCUT2D eigenvalue weighted by molar-refractivity contribution is 0.102. The van der Waals surface area contributed by atoms with E-state index in [4.69, 9.17) is 16.3 Å². The van der Waals surface area contributed by atoms with Crippen LogP contribution in [0.3, 0.4) is 0 Å². The van der Waals surface area contributed by atoms with Crippen molar-refractivity contribution < 1.29 is 9.53 Å². The van der Waals surface area contributed by atoms with Gasteiger partial charge >= 0.3 is 0 Å². The Hall–Kier alpha value is -3.37. The summed E-state index contributed by atoms with van der Waals surface area (Å²) in [6.07, 6.45) is 0. The molecule has 0 atom stereocenters. The fraction of sp³-hybridized carbons (Fsp3) is 0.0833. The van der Waals surface area contributed by atoms with E-state index in [2.05, 4.69) is 10.3 Å². The number of anilines is 1. The zero-order valence-electron chi connectivity index (χ0n) is 16.1. The molecule has 4 aromatic rings. The van der Waals surface area contributed by atoms with Crippen LogP contribution in [0.1, 0.15) is 16.1 Å². The van der Waals surface area contributed by atoms with Gasteiger partial charge in [-0.2, -0.15) is 0 Å². The van der Waals surface area contributed by atoms with Crippen molar-refractivity contribution in [2.75, 3.05) is 12.4 Å². The largest absolute Gasteiger partial charge is 0.495 e. The first kappa shape index (κ1) is 19.0. The quantitative estimate of drug-likeness (QED) is 0.447. The Labute approximate surface area is 174 Å². The first-order valence-corrected chi connectivity index (χ1v) is 9.56. The molecule has 4 nitrogen and oxygen atoms in total. The molecule has 0 aliphatic carbocycles. The van der Waals surface area contributed by atoms with Gasteiger partial charge in [-0.3, -0.25) is 9.78 Å². The number of carbonyl (C=O) groups excluding carboxylic acids is 1. The molecule has 0 aliphatic heterocycles. The maximum atomic E-state index is 13.4. The van der Waals surface area contributed by atoms with Crippen molar-refractivity contribution >= 4 is 34.1 Å². The Bertz CT molecular complexity index is 1210. The molecular formula is C24H19ClN2O2. The fourth-order valence-electron chi connectivity index (χ4n) is 3.47. The van der Waals surface area contributed by atoms with E-state index in [0.717, 1.165) is 22.0 Å². The van der Waals surface area contributed by atoms with Gasteiger partial charge in [0.15, 0.2) is 0 Å². The highest BCUT2D eigenvalue weighted by molar-refractivity contribution is 6.31. The van der Waals surface area contributed by atoms with E-state index in [-0.39, 0.29) is 5.91 Å². The van der Waals surface area contributed by atoms with Crippen molar-refractivity contribution in [2.45, 2.75) is 6.92 Å². The number of methoxy groups -OCH3 is 1. The first-order valence-electron chi connectivity index (χ1n) is 9.18. The minimum absolute atomic E-state index is 0.250. The van der Waals surface area contributed by atoms with Gasteiger partial charge in [0, 0.05) is 16.0 Å². The van der Waals surface area contributed by atoms with E-state index in [1.54, 1.807) is 25.3 Å². The third kappa shape index (κ3) is 3.67. The number of benzene rings is 3. The third-order valence-electron chi connectivity index (χ3n) is 4.77. The van der Waals surface area contributed by atoms with Crippen LogP contribution in [0.25, 0.3) is 22.0 Å². The van der Waals surface area contributed by atoms with Gasteiger partial charge in [0.2, 0.25) is 0 Å². The molecule has 1 N–H and O–H groups in total. The summed E-state index contributed by atoms with van der Waals surface area (Å²) in [7, 11) is 1.57. The second kappa shape index (κ2) is 7.94. The number of halogens is 1. The van der Waals surface area contributed by atoms with Crippen LogP contribution in [0, 0.1) is 6.92 Å². The van der Waals surface area contributed by atoms with Crippen LogP contribution in [0.5, 0.6) is 5.75 Å². The van der Waals surface area contributed by atoms with Crippen LogP contribution in [-0.2, 0) is 0 Å². The molecule has 144 valence electrons. The van der Waals surface area contributed by atoms with Crippen molar-refractivity contribution in [1.82, 2.24) is 4.98 Å². The van der Waals surface area contributed by atoms with Crippen LogP contribution in [0.15, 0.2) is 72.8 Å². The molecule has 0 saturated carbocycles. The number of nitrogens with one attached hydrogen (secondary N) is 1. The zero-order valence-corrected chi connectivity index (χ0v) is 16.8. The average Bonchev–Trinajstić information content (AvgIpc) is 2.74. The number of aromatic nitrogens is 1. The standard InChI is InChI=1S/C24H19ClN2O2/c1-15-22(24(28)27-20-10-6-7-11-21(20)29-2)23(16-8-4-3-5-9-16)18-14-17(25)12-13-19(18)26-15/h3-14H,1-2H3,(H,27,28). The molecule has 0 unspecified atom stereocenters. The molecule has 0 aliphatic rings. The maximum absolute atomic E-state index is 13.4. The fourth-order valence-corrected chi connectivity index (χ4v) is 3.65. The summed E-state index contributed by atoms with van der Waals surface area (Å²) in [4.78, 5) is 18.0.